The SMILES string of the molecule is CCCCn1c(CNC(=O)c2ccc(C)c(C)c2)nnc1SCC(=O)Nc1sc2c(c1C(=O)OCC)CCC2. The molecule has 11 heteroatoms. The molecule has 0 radical (unpaired) electrons. The Morgan fingerprint density at radius 3 is 2.69 bits per heavy atom. The van der Waals surface area contributed by atoms with Gasteiger partial charge in [-0.1, -0.05) is 31.2 Å². The molecule has 1 aliphatic rings. The van der Waals surface area contributed by atoms with E-state index in [1.165, 1.54) is 23.1 Å². The van der Waals surface area contributed by atoms with Crippen LogP contribution in [0.1, 0.15) is 81.2 Å². The molecule has 0 unspecified atom stereocenters. The molecule has 39 heavy (non-hydrogen) atoms. The molecule has 1 aromatic carbocycles. The van der Waals surface area contributed by atoms with Crippen LogP contribution in [0.5, 0.6) is 0 Å². The van der Waals surface area contributed by atoms with Gasteiger partial charge in [-0.3, -0.25) is 9.59 Å². The highest BCUT2D eigenvalue weighted by Crippen LogP contribution is 2.39. The minimum absolute atomic E-state index is 0.115. The second-order valence-corrected chi connectivity index (χ2v) is 11.6. The Morgan fingerprint density at radius 1 is 1.13 bits per heavy atom. The number of unbranched alkanes of at least 4 members (excludes halogenated alkanes) is 1. The van der Waals surface area contributed by atoms with Crippen molar-refractivity contribution < 1.29 is 19.1 Å². The van der Waals surface area contributed by atoms with Gasteiger partial charge in [0.15, 0.2) is 11.0 Å². The number of aryl methyl sites for hydroxylation is 3. The number of nitrogens with one attached hydrogen (secondary N) is 2. The molecule has 2 aromatic heterocycles. The lowest BCUT2D eigenvalue weighted by molar-refractivity contribution is -0.113. The number of aromatic nitrogens is 3. The Morgan fingerprint density at radius 2 is 1.95 bits per heavy atom. The Bertz CT molecular complexity index is 1360. The largest absolute Gasteiger partial charge is 0.462 e. The van der Waals surface area contributed by atoms with Crippen molar-refractivity contribution in [2.45, 2.75) is 78.0 Å². The van der Waals surface area contributed by atoms with Crippen LogP contribution in [-0.4, -0.2) is 44.9 Å². The van der Waals surface area contributed by atoms with Crippen LogP contribution in [0.3, 0.4) is 0 Å². The van der Waals surface area contributed by atoms with Crippen LogP contribution >= 0.6 is 23.1 Å². The van der Waals surface area contributed by atoms with E-state index in [2.05, 4.69) is 27.8 Å². The summed E-state index contributed by atoms with van der Waals surface area (Å²) in [5, 5.41) is 15.7. The number of fused-ring (bicyclic) bond motifs is 1. The maximum Gasteiger partial charge on any atom is 0.341 e. The molecule has 4 rings (SSSR count). The molecule has 0 spiro atoms. The van der Waals surface area contributed by atoms with Crippen molar-refractivity contribution in [2.75, 3.05) is 17.7 Å². The fourth-order valence-electron chi connectivity index (χ4n) is 4.45. The summed E-state index contributed by atoms with van der Waals surface area (Å²) in [5.41, 5.74) is 4.31. The monoisotopic (exact) mass is 569 g/mol. The van der Waals surface area contributed by atoms with Gasteiger partial charge in [0.1, 0.15) is 5.00 Å². The number of carbonyl (C=O) groups is 3. The van der Waals surface area contributed by atoms with Crippen molar-refractivity contribution >= 4 is 45.9 Å². The highest BCUT2D eigenvalue weighted by molar-refractivity contribution is 7.99. The van der Waals surface area contributed by atoms with E-state index in [0.717, 1.165) is 53.7 Å². The summed E-state index contributed by atoms with van der Waals surface area (Å²) in [6, 6.07) is 5.63. The number of hydrogen-bond acceptors (Lipinski definition) is 8. The minimum Gasteiger partial charge on any atom is -0.462 e. The molecule has 0 aliphatic heterocycles. The maximum absolute atomic E-state index is 12.9. The van der Waals surface area contributed by atoms with Crippen LogP contribution in [0, 0.1) is 13.8 Å². The van der Waals surface area contributed by atoms with Gasteiger partial charge in [0.25, 0.3) is 5.91 Å². The standard InChI is InChI=1S/C28H35N5O4S2/c1-5-7-13-33-22(15-29-25(35)19-12-11-17(3)18(4)14-19)31-32-28(33)38-16-23(34)30-26-24(27(36)37-6-2)20-9-8-10-21(20)39-26/h11-12,14H,5-10,13,15-16H2,1-4H3,(H,29,35)(H,30,34). The van der Waals surface area contributed by atoms with E-state index >= 15 is 0 Å². The molecular weight excluding hydrogens is 534 g/mol. The lowest BCUT2D eigenvalue weighted by Crippen LogP contribution is -2.25. The van der Waals surface area contributed by atoms with E-state index in [1.54, 1.807) is 6.92 Å². The zero-order valence-electron chi connectivity index (χ0n) is 22.9. The van der Waals surface area contributed by atoms with E-state index in [0.29, 0.717) is 33.7 Å². The Hall–Kier alpha value is -3.18. The van der Waals surface area contributed by atoms with Crippen molar-refractivity contribution in [3.8, 4) is 0 Å². The van der Waals surface area contributed by atoms with Crippen LogP contribution < -0.4 is 10.6 Å². The van der Waals surface area contributed by atoms with Gasteiger partial charge >= 0.3 is 5.97 Å². The van der Waals surface area contributed by atoms with Gasteiger partial charge in [0.05, 0.1) is 24.5 Å². The van der Waals surface area contributed by atoms with Crippen molar-refractivity contribution in [3.05, 3.63) is 56.7 Å². The topological polar surface area (TPSA) is 115 Å². The average molecular weight is 570 g/mol. The highest BCUT2D eigenvalue weighted by atomic mass is 32.2. The van der Waals surface area contributed by atoms with Gasteiger partial charge in [-0.15, -0.1) is 21.5 Å². The number of amides is 2. The van der Waals surface area contributed by atoms with Crippen molar-refractivity contribution in [2.24, 2.45) is 0 Å². The second kappa shape index (κ2) is 13.3. The van der Waals surface area contributed by atoms with Gasteiger partial charge in [-0.05, 0) is 75.3 Å². The average Bonchev–Trinajstić information content (AvgIpc) is 3.61. The summed E-state index contributed by atoms with van der Waals surface area (Å²) in [6.45, 7) is 9.08. The number of nitrogens with zero attached hydrogens (tertiary/aromatic N) is 3. The molecule has 3 aromatic rings. The normalized spacial score (nSPS) is 12.3. The third-order valence-corrected chi connectivity index (χ3v) is 8.87. The first-order valence-corrected chi connectivity index (χ1v) is 15.1. The lowest BCUT2D eigenvalue weighted by atomic mass is 10.1. The molecule has 1 aliphatic carbocycles. The van der Waals surface area contributed by atoms with Crippen molar-refractivity contribution in [1.82, 2.24) is 20.1 Å². The number of benzene rings is 1. The number of carbonyl (C=O) groups excluding carboxylic acids is 3. The molecule has 0 saturated carbocycles. The summed E-state index contributed by atoms with van der Waals surface area (Å²) in [7, 11) is 0. The summed E-state index contributed by atoms with van der Waals surface area (Å²) >= 11 is 2.75. The van der Waals surface area contributed by atoms with Crippen LogP contribution in [0.2, 0.25) is 0 Å². The van der Waals surface area contributed by atoms with E-state index in [9.17, 15) is 14.4 Å². The van der Waals surface area contributed by atoms with E-state index in [4.69, 9.17) is 4.74 Å². The number of anilines is 1. The fraction of sp³-hybridized carbons (Fsp3) is 0.464. The zero-order valence-corrected chi connectivity index (χ0v) is 24.5. The van der Waals surface area contributed by atoms with Crippen LogP contribution in [0.25, 0.3) is 0 Å². The van der Waals surface area contributed by atoms with Gasteiger partial charge < -0.3 is 19.9 Å². The lowest BCUT2D eigenvalue weighted by Gasteiger charge is -2.11. The highest BCUT2D eigenvalue weighted by Gasteiger charge is 2.28. The molecular formula is C28H35N5O4S2. The summed E-state index contributed by atoms with van der Waals surface area (Å²) < 4.78 is 7.22. The minimum atomic E-state index is -0.383. The molecule has 2 N–H and O–H groups in total. The molecule has 2 amide bonds. The molecule has 0 atom stereocenters. The van der Waals surface area contributed by atoms with E-state index < -0.39 is 0 Å². The quantitative estimate of drug-likeness (QED) is 0.231. The van der Waals surface area contributed by atoms with Gasteiger partial charge in [-0.2, -0.15) is 0 Å². The number of thioether (sulfide) groups is 1. The zero-order chi connectivity index (χ0) is 27.9. The Labute approximate surface area is 237 Å². The van der Waals surface area contributed by atoms with Gasteiger partial charge in [0.2, 0.25) is 5.91 Å². The molecule has 0 bridgehead atoms. The molecule has 0 saturated heterocycles. The summed E-state index contributed by atoms with van der Waals surface area (Å²) in [5.74, 6) is -0.0177. The summed E-state index contributed by atoms with van der Waals surface area (Å²) in [6.07, 6.45) is 4.66. The van der Waals surface area contributed by atoms with E-state index in [1.807, 2.05) is 36.6 Å². The van der Waals surface area contributed by atoms with Crippen LogP contribution in [0.15, 0.2) is 23.4 Å². The number of esters is 1. The van der Waals surface area contributed by atoms with Gasteiger partial charge in [0, 0.05) is 17.0 Å². The molecule has 208 valence electrons. The first-order chi connectivity index (χ1) is 18.8. The Balaban J connectivity index is 1.41. The molecule has 2 heterocycles. The molecule has 0 fully saturated rings. The van der Waals surface area contributed by atoms with Crippen molar-refractivity contribution in [1.29, 1.82) is 0 Å². The number of ether oxygens (including phenoxy) is 1. The van der Waals surface area contributed by atoms with E-state index in [-0.39, 0.29) is 36.7 Å². The number of thiophene rings is 1. The third kappa shape index (κ3) is 6.88. The van der Waals surface area contributed by atoms with Crippen molar-refractivity contribution in [3.63, 3.8) is 0 Å². The smallest absolute Gasteiger partial charge is 0.341 e. The fourth-order valence-corrected chi connectivity index (χ4v) is 6.52. The number of rotatable bonds is 12. The van der Waals surface area contributed by atoms with Crippen LogP contribution in [-0.2, 0) is 35.5 Å². The predicted octanol–water partition coefficient (Wildman–Crippen LogP) is 5.08. The molecule has 9 nitrogen and oxygen atoms in total. The summed E-state index contributed by atoms with van der Waals surface area (Å²) in [4.78, 5) is 39.4. The first kappa shape index (κ1) is 28.8. The number of hydrogen-bond donors (Lipinski definition) is 2. The maximum atomic E-state index is 12.9. The third-order valence-electron chi connectivity index (χ3n) is 6.69. The second-order valence-electron chi connectivity index (χ2n) is 9.50. The first-order valence-electron chi connectivity index (χ1n) is 13.3. The van der Waals surface area contributed by atoms with Gasteiger partial charge in [-0.25, -0.2) is 4.79 Å². The van der Waals surface area contributed by atoms with Crippen LogP contribution in [0.4, 0.5) is 5.00 Å². The Kier molecular flexibility index (Phi) is 9.79. The predicted molar refractivity (Wildman–Crippen MR) is 154 cm³/mol.